The molecule has 5 aromatic carbocycles. The molecule has 8 rings (SSSR count). The number of furan rings is 1. The van der Waals surface area contributed by atoms with E-state index >= 15 is 0 Å². The second-order valence-electron chi connectivity index (χ2n) is 12.4. The van der Waals surface area contributed by atoms with E-state index in [-0.39, 0.29) is 25.8 Å². The Morgan fingerprint density at radius 3 is 2.04 bits per heavy atom. The van der Waals surface area contributed by atoms with Gasteiger partial charge in [-0.05, 0) is 23.5 Å². The fraction of sp³-hybridized carbons (Fsp3) is 0.0952. The van der Waals surface area contributed by atoms with E-state index in [0.29, 0.717) is 16.8 Å². The maximum absolute atomic E-state index is 7.52. The molecule has 5 nitrogen and oxygen atoms in total. The van der Waals surface area contributed by atoms with Crippen LogP contribution in [0.1, 0.15) is 9.81 Å². The summed E-state index contributed by atoms with van der Waals surface area (Å²) >= 11 is 0. The van der Waals surface area contributed by atoms with Gasteiger partial charge in [0.2, 0.25) is 0 Å². The van der Waals surface area contributed by atoms with Gasteiger partial charge in [-0.2, -0.15) is 5.10 Å². The van der Waals surface area contributed by atoms with Crippen LogP contribution in [0.2, 0.25) is 19.6 Å². The Morgan fingerprint density at radius 2 is 1.37 bits per heavy atom. The molecular formula is C42H34IrN4OSi-2. The molecule has 0 aliphatic heterocycles. The summed E-state index contributed by atoms with van der Waals surface area (Å²) in [5.41, 5.74) is 8.81. The number of hydrogen-bond donors (Lipinski definition) is 0. The molecule has 0 spiro atoms. The number of aryl methyl sites for hydroxylation is 1. The summed E-state index contributed by atoms with van der Waals surface area (Å²) < 4.78 is 29.0. The van der Waals surface area contributed by atoms with Crippen LogP contribution in [0.4, 0.5) is 0 Å². The minimum atomic E-state index is -2.30. The van der Waals surface area contributed by atoms with Gasteiger partial charge in [-0.25, -0.2) is 5.10 Å². The van der Waals surface area contributed by atoms with E-state index in [0.717, 1.165) is 49.6 Å². The maximum atomic E-state index is 7.52. The maximum Gasteiger partial charge on any atom is 0.128 e. The van der Waals surface area contributed by atoms with Gasteiger partial charge in [-0.15, -0.1) is 54.1 Å². The molecule has 0 saturated heterocycles. The molecule has 0 fully saturated rings. The minimum absolute atomic E-state index is 0. The molecule has 243 valence electrons. The molecule has 0 aliphatic carbocycles. The van der Waals surface area contributed by atoms with Gasteiger partial charge in [0.25, 0.3) is 0 Å². The molecule has 0 bridgehead atoms. The van der Waals surface area contributed by atoms with Crippen molar-refractivity contribution in [2.75, 3.05) is 0 Å². The molecule has 0 aliphatic rings. The number of para-hydroxylation sites is 1. The van der Waals surface area contributed by atoms with Gasteiger partial charge in [0.15, 0.2) is 0 Å². The van der Waals surface area contributed by atoms with Crippen molar-refractivity contribution in [3.05, 3.63) is 152 Å². The average molecular weight is 834 g/mol. The van der Waals surface area contributed by atoms with Gasteiger partial charge >= 0.3 is 0 Å². The molecule has 8 aromatic rings. The van der Waals surface area contributed by atoms with Gasteiger partial charge < -0.3 is 9.40 Å². The molecule has 1 radical (unpaired) electrons. The van der Waals surface area contributed by atoms with Crippen LogP contribution in [-0.2, 0) is 20.1 Å². The molecule has 3 heterocycles. The number of rotatable bonds is 5. The Kier molecular flexibility index (Phi) is 8.94. The van der Waals surface area contributed by atoms with Crippen LogP contribution in [-0.4, -0.2) is 28.2 Å². The van der Waals surface area contributed by atoms with Crippen molar-refractivity contribution in [2.24, 2.45) is 0 Å². The first-order valence-electron chi connectivity index (χ1n) is 17.2. The SMILES string of the molecule is C[Si](C)(C)c1ccc(-c2[c-]cccc2)nn1.[2H]C([2H])([2H])c1cnc(-c2[c-]ccc3c2oc2c(-c4ccc(-c5ccccc5)cc4)cccc23)cn1.[Ir]. The average Bonchev–Trinajstić information content (AvgIpc) is 3.55. The first-order valence-corrected chi connectivity index (χ1v) is 19.2. The number of fused-ring (bicyclic) bond motifs is 3. The predicted octanol–water partition coefficient (Wildman–Crippen LogP) is 9.97. The summed E-state index contributed by atoms with van der Waals surface area (Å²) in [7, 11) is -1.34. The van der Waals surface area contributed by atoms with E-state index in [9.17, 15) is 0 Å². The number of aromatic nitrogens is 4. The third kappa shape index (κ3) is 7.35. The van der Waals surface area contributed by atoms with Crippen LogP contribution in [0.25, 0.3) is 66.7 Å². The van der Waals surface area contributed by atoms with E-state index in [1.165, 1.54) is 18.0 Å². The molecule has 0 saturated carbocycles. The molecule has 3 aromatic heterocycles. The summed E-state index contributed by atoms with van der Waals surface area (Å²) in [5, 5.41) is 11.7. The molecule has 0 N–H and O–H groups in total. The van der Waals surface area contributed by atoms with Gasteiger partial charge in [0.05, 0.1) is 11.3 Å². The zero-order valence-corrected chi connectivity index (χ0v) is 30.6. The molecule has 49 heavy (non-hydrogen) atoms. The third-order valence-corrected chi connectivity index (χ3v) is 9.89. The molecule has 0 atom stereocenters. The van der Waals surface area contributed by atoms with E-state index in [1.807, 2.05) is 72.8 Å². The van der Waals surface area contributed by atoms with Crippen molar-refractivity contribution in [2.45, 2.75) is 26.5 Å². The smallest absolute Gasteiger partial charge is 0.128 e. The van der Waals surface area contributed by atoms with Crippen molar-refractivity contribution in [3.8, 4) is 44.8 Å². The van der Waals surface area contributed by atoms with Gasteiger partial charge in [0, 0.05) is 64.3 Å². The van der Waals surface area contributed by atoms with E-state index in [4.69, 9.17) is 8.53 Å². The van der Waals surface area contributed by atoms with Crippen molar-refractivity contribution in [3.63, 3.8) is 0 Å². The van der Waals surface area contributed by atoms with Gasteiger partial charge in [0.1, 0.15) is 13.7 Å². The van der Waals surface area contributed by atoms with Crippen LogP contribution < -0.4 is 5.32 Å². The molecule has 7 heteroatoms. The molecule has 0 amide bonds. The van der Waals surface area contributed by atoms with Crippen LogP contribution >= 0.6 is 0 Å². The number of nitrogens with zero attached hydrogens (tertiary/aromatic N) is 4. The normalized spacial score (nSPS) is 12.3. The van der Waals surface area contributed by atoms with Gasteiger partial charge in [-0.1, -0.05) is 116 Å². The van der Waals surface area contributed by atoms with Crippen molar-refractivity contribution >= 4 is 35.3 Å². The van der Waals surface area contributed by atoms with E-state index in [2.05, 4.69) is 100 Å². The third-order valence-electron chi connectivity index (χ3n) is 8.09. The van der Waals surface area contributed by atoms with Crippen LogP contribution in [0.5, 0.6) is 0 Å². The monoisotopic (exact) mass is 834 g/mol. The Morgan fingerprint density at radius 1 is 0.612 bits per heavy atom. The standard InChI is InChI=1S/C29H19N2O.C13H15N2Si.Ir/c1-19-17-31-27(18-30-19)26-12-6-11-25-24-10-5-9-23(28(24)32-29(25)26)22-15-13-21(14-16-22)20-7-3-2-4-8-20;1-16(2,3)13-10-9-12(14-15-13)11-7-5-4-6-8-11;/h2-11,13-18H,1H3;4-7,9-10H,1-3H3;/q2*-1;/i1D3;;. The number of hydrogen-bond acceptors (Lipinski definition) is 5. The second-order valence-corrected chi connectivity index (χ2v) is 17.5. The van der Waals surface area contributed by atoms with Crippen molar-refractivity contribution < 1.29 is 28.6 Å². The first kappa shape index (κ1) is 30.0. The largest absolute Gasteiger partial charge is 0.500 e. The Bertz CT molecular complexity index is 2410. The van der Waals surface area contributed by atoms with Gasteiger partial charge in [-0.3, -0.25) is 4.98 Å². The first-order chi connectivity index (χ1) is 24.6. The molecular weight excluding hydrogens is 797 g/mol. The zero-order chi connectivity index (χ0) is 35.6. The Hall–Kier alpha value is -5.07. The quantitative estimate of drug-likeness (QED) is 0.128. The molecule has 0 unspecified atom stereocenters. The number of benzene rings is 5. The fourth-order valence-electron chi connectivity index (χ4n) is 5.54. The summed E-state index contributed by atoms with van der Waals surface area (Å²) in [5.74, 6) is 0. The van der Waals surface area contributed by atoms with E-state index < -0.39 is 14.9 Å². The summed E-state index contributed by atoms with van der Waals surface area (Å²) in [6.45, 7) is 4.51. The minimum Gasteiger partial charge on any atom is -0.500 e. The van der Waals surface area contributed by atoms with Crippen molar-refractivity contribution in [1.29, 1.82) is 0 Å². The van der Waals surface area contributed by atoms with Crippen LogP contribution in [0, 0.1) is 19.0 Å². The summed E-state index contributed by atoms with van der Waals surface area (Å²) in [6.07, 6.45) is 2.75. The second kappa shape index (κ2) is 14.6. The Balaban J connectivity index is 0.000000230. The predicted molar refractivity (Wildman–Crippen MR) is 198 cm³/mol. The summed E-state index contributed by atoms with van der Waals surface area (Å²) in [4.78, 5) is 8.44. The fourth-order valence-corrected chi connectivity index (χ4v) is 6.47. The zero-order valence-electron chi connectivity index (χ0n) is 30.2. The summed E-state index contributed by atoms with van der Waals surface area (Å²) in [6, 6.07) is 46.9. The van der Waals surface area contributed by atoms with E-state index in [1.54, 1.807) is 0 Å². The van der Waals surface area contributed by atoms with Crippen LogP contribution in [0.15, 0.2) is 138 Å². The van der Waals surface area contributed by atoms with Crippen LogP contribution in [0.3, 0.4) is 0 Å². The van der Waals surface area contributed by atoms with Crippen molar-refractivity contribution in [1.82, 2.24) is 20.2 Å². The topological polar surface area (TPSA) is 64.7 Å². The Labute approximate surface area is 305 Å².